The second-order valence-electron chi connectivity index (χ2n) is 5.26. The fourth-order valence-electron chi connectivity index (χ4n) is 2.43. The highest BCUT2D eigenvalue weighted by Crippen LogP contribution is 2.35. The van der Waals surface area contributed by atoms with Crippen LogP contribution in [-0.2, 0) is 17.3 Å². The quantitative estimate of drug-likeness (QED) is 0.805. The fourth-order valence-corrected chi connectivity index (χ4v) is 3.57. The van der Waals surface area contributed by atoms with E-state index < -0.39 is 10.8 Å². The van der Waals surface area contributed by atoms with Crippen molar-refractivity contribution in [3.63, 3.8) is 0 Å². The summed E-state index contributed by atoms with van der Waals surface area (Å²) in [6.07, 6.45) is 0.800. The SMILES string of the molecule is CCCS(=O)c1nc(N)c2c(n1)N(Cc1ccccc1Cl)CN2. The number of anilines is 3. The second kappa shape index (κ2) is 6.72. The largest absolute Gasteiger partial charge is 0.382 e. The van der Waals surface area contributed by atoms with Gasteiger partial charge in [0, 0.05) is 17.3 Å². The Morgan fingerprint density at radius 1 is 1.39 bits per heavy atom. The van der Waals surface area contributed by atoms with Crippen LogP contribution in [0.3, 0.4) is 0 Å². The molecule has 1 aliphatic heterocycles. The van der Waals surface area contributed by atoms with E-state index in [1.54, 1.807) is 0 Å². The Balaban J connectivity index is 1.92. The molecule has 6 nitrogen and oxygen atoms in total. The van der Waals surface area contributed by atoms with E-state index in [2.05, 4.69) is 15.3 Å². The number of nitrogens with one attached hydrogen (secondary N) is 1. The number of hydrogen-bond acceptors (Lipinski definition) is 6. The summed E-state index contributed by atoms with van der Waals surface area (Å²) in [5, 5.41) is 4.18. The van der Waals surface area contributed by atoms with Gasteiger partial charge >= 0.3 is 0 Å². The maximum Gasteiger partial charge on any atom is 0.222 e. The van der Waals surface area contributed by atoms with Gasteiger partial charge in [0.1, 0.15) is 5.69 Å². The van der Waals surface area contributed by atoms with Gasteiger partial charge in [0.15, 0.2) is 11.6 Å². The molecule has 3 N–H and O–H groups in total. The molecule has 0 fully saturated rings. The van der Waals surface area contributed by atoms with E-state index in [0.29, 0.717) is 41.3 Å². The molecule has 2 aromatic rings. The highest BCUT2D eigenvalue weighted by Gasteiger charge is 2.26. The highest BCUT2D eigenvalue weighted by molar-refractivity contribution is 7.84. The van der Waals surface area contributed by atoms with Crippen LogP contribution in [0, 0.1) is 0 Å². The first-order valence-electron chi connectivity index (χ1n) is 7.38. The van der Waals surface area contributed by atoms with E-state index >= 15 is 0 Å². The Morgan fingerprint density at radius 2 is 2.17 bits per heavy atom. The summed E-state index contributed by atoms with van der Waals surface area (Å²) in [7, 11) is -1.23. The molecule has 122 valence electrons. The standard InChI is InChI=1S/C15H18ClN5OS/c1-2-7-23(22)15-19-13(17)12-14(20-15)21(9-18-12)8-10-5-3-4-6-11(10)16/h3-6,18H,2,7-9H2,1H3,(H2,17,19,20). The second-order valence-corrected chi connectivity index (χ2v) is 7.14. The van der Waals surface area contributed by atoms with E-state index in [9.17, 15) is 4.21 Å². The van der Waals surface area contributed by atoms with E-state index in [4.69, 9.17) is 17.3 Å². The van der Waals surface area contributed by atoms with Gasteiger partial charge in [-0.1, -0.05) is 36.7 Å². The Hall–Kier alpha value is -1.86. The minimum absolute atomic E-state index is 0.288. The summed E-state index contributed by atoms with van der Waals surface area (Å²) in [6, 6.07) is 7.67. The molecule has 1 aliphatic rings. The smallest absolute Gasteiger partial charge is 0.222 e. The van der Waals surface area contributed by atoms with Crippen molar-refractivity contribution < 1.29 is 4.21 Å². The molecule has 0 aliphatic carbocycles. The third-order valence-corrected chi connectivity index (χ3v) is 5.29. The average Bonchev–Trinajstić information content (AvgIpc) is 2.93. The predicted molar refractivity (Wildman–Crippen MR) is 94.1 cm³/mol. The third kappa shape index (κ3) is 3.25. The van der Waals surface area contributed by atoms with Crippen LogP contribution in [0.1, 0.15) is 18.9 Å². The molecule has 0 saturated heterocycles. The molecule has 0 radical (unpaired) electrons. The van der Waals surface area contributed by atoms with Crippen LogP contribution in [0.15, 0.2) is 29.4 Å². The Bertz CT molecular complexity index is 755. The molecular weight excluding hydrogens is 334 g/mol. The minimum Gasteiger partial charge on any atom is -0.382 e. The lowest BCUT2D eigenvalue weighted by Gasteiger charge is -2.18. The van der Waals surface area contributed by atoms with Crippen LogP contribution in [0.4, 0.5) is 17.3 Å². The van der Waals surface area contributed by atoms with Crippen LogP contribution < -0.4 is 16.0 Å². The molecular formula is C15H18ClN5OS. The lowest BCUT2D eigenvalue weighted by Crippen LogP contribution is -2.23. The van der Waals surface area contributed by atoms with Crippen LogP contribution in [0.25, 0.3) is 0 Å². The van der Waals surface area contributed by atoms with Crippen molar-refractivity contribution in [2.24, 2.45) is 0 Å². The first-order valence-corrected chi connectivity index (χ1v) is 9.08. The van der Waals surface area contributed by atoms with E-state index in [-0.39, 0.29) is 5.16 Å². The van der Waals surface area contributed by atoms with Crippen LogP contribution >= 0.6 is 11.6 Å². The molecule has 2 heterocycles. The third-order valence-electron chi connectivity index (χ3n) is 3.56. The number of hydrogen-bond donors (Lipinski definition) is 2. The summed E-state index contributed by atoms with van der Waals surface area (Å²) in [6.45, 7) is 3.12. The molecule has 3 rings (SSSR count). The number of rotatable bonds is 5. The molecule has 0 saturated carbocycles. The van der Waals surface area contributed by atoms with Gasteiger partial charge in [-0.3, -0.25) is 4.21 Å². The van der Waals surface area contributed by atoms with Crippen molar-refractivity contribution in [3.8, 4) is 0 Å². The topological polar surface area (TPSA) is 84.1 Å². The molecule has 1 unspecified atom stereocenters. The number of aromatic nitrogens is 2. The zero-order valence-electron chi connectivity index (χ0n) is 12.8. The number of fused-ring (bicyclic) bond motifs is 1. The molecule has 8 heteroatoms. The monoisotopic (exact) mass is 351 g/mol. The van der Waals surface area contributed by atoms with Crippen LogP contribution in [0.5, 0.6) is 0 Å². The molecule has 1 aromatic heterocycles. The first kappa shape index (κ1) is 16.0. The first-order chi connectivity index (χ1) is 11.1. The number of nitrogens with two attached hydrogens (primary N) is 1. The summed E-state index contributed by atoms with van der Waals surface area (Å²) < 4.78 is 12.2. The van der Waals surface area contributed by atoms with Crippen molar-refractivity contribution in [3.05, 3.63) is 34.9 Å². The predicted octanol–water partition coefficient (Wildman–Crippen LogP) is 2.62. The lowest BCUT2D eigenvalue weighted by atomic mass is 10.2. The molecule has 0 amide bonds. The van der Waals surface area contributed by atoms with Crippen LogP contribution in [0.2, 0.25) is 5.02 Å². The Morgan fingerprint density at radius 3 is 2.91 bits per heavy atom. The van der Waals surface area contributed by atoms with Crippen molar-refractivity contribution in [1.29, 1.82) is 0 Å². The molecule has 0 spiro atoms. The van der Waals surface area contributed by atoms with Crippen molar-refractivity contribution in [1.82, 2.24) is 9.97 Å². The average molecular weight is 352 g/mol. The summed E-state index contributed by atoms with van der Waals surface area (Å²) in [5.41, 5.74) is 7.68. The summed E-state index contributed by atoms with van der Waals surface area (Å²) in [4.78, 5) is 10.7. The van der Waals surface area contributed by atoms with Crippen LogP contribution in [-0.4, -0.2) is 26.6 Å². The van der Waals surface area contributed by atoms with Gasteiger partial charge in [0.25, 0.3) is 0 Å². The molecule has 0 bridgehead atoms. The van der Waals surface area contributed by atoms with Gasteiger partial charge in [0.2, 0.25) is 5.16 Å². The van der Waals surface area contributed by atoms with Crippen molar-refractivity contribution in [2.45, 2.75) is 25.0 Å². The minimum atomic E-state index is -1.23. The molecule has 23 heavy (non-hydrogen) atoms. The fraction of sp³-hybridized carbons (Fsp3) is 0.333. The molecule has 1 aromatic carbocycles. The summed E-state index contributed by atoms with van der Waals surface area (Å²) in [5.74, 6) is 1.53. The zero-order chi connectivity index (χ0) is 16.4. The van der Waals surface area contributed by atoms with Crippen molar-refractivity contribution in [2.75, 3.05) is 28.4 Å². The van der Waals surface area contributed by atoms with E-state index in [0.717, 1.165) is 12.0 Å². The van der Waals surface area contributed by atoms with Gasteiger partial charge in [-0.25, -0.2) is 9.97 Å². The Kier molecular flexibility index (Phi) is 4.68. The number of benzene rings is 1. The number of nitrogen functional groups attached to an aromatic ring is 1. The normalized spacial score (nSPS) is 14.4. The van der Waals surface area contributed by atoms with E-state index in [1.807, 2.05) is 36.1 Å². The Labute approximate surface area is 142 Å². The van der Waals surface area contributed by atoms with Gasteiger partial charge in [-0.05, 0) is 18.1 Å². The number of nitrogens with zero attached hydrogens (tertiary/aromatic N) is 3. The maximum atomic E-state index is 12.2. The highest BCUT2D eigenvalue weighted by atomic mass is 35.5. The van der Waals surface area contributed by atoms with Gasteiger partial charge in [0.05, 0.1) is 17.5 Å². The maximum absolute atomic E-state index is 12.2. The molecule has 1 atom stereocenters. The van der Waals surface area contributed by atoms with Gasteiger partial charge in [-0.2, -0.15) is 0 Å². The van der Waals surface area contributed by atoms with E-state index in [1.165, 1.54) is 0 Å². The number of halogens is 1. The lowest BCUT2D eigenvalue weighted by molar-refractivity contribution is 0.674. The van der Waals surface area contributed by atoms with Gasteiger partial charge in [-0.15, -0.1) is 0 Å². The van der Waals surface area contributed by atoms with Gasteiger partial charge < -0.3 is 16.0 Å². The summed E-state index contributed by atoms with van der Waals surface area (Å²) >= 11 is 6.23. The zero-order valence-corrected chi connectivity index (χ0v) is 14.3. The van der Waals surface area contributed by atoms with Crippen molar-refractivity contribution >= 4 is 39.7 Å².